The molecule has 6 aliphatic rings. The molecular formula is C29H34O13. The van der Waals surface area contributed by atoms with Crippen molar-refractivity contribution < 1.29 is 63.0 Å². The molecule has 0 aromatic rings. The molecular weight excluding hydrogens is 556 g/mol. The first-order chi connectivity index (χ1) is 19.7. The van der Waals surface area contributed by atoms with Gasteiger partial charge in [-0.25, -0.2) is 0 Å². The summed E-state index contributed by atoms with van der Waals surface area (Å²) in [4.78, 5) is 78.7. The molecule has 5 fully saturated rings. The first-order valence-corrected chi connectivity index (χ1v) is 14.4. The molecule has 0 aromatic heterocycles. The summed E-state index contributed by atoms with van der Waals surface area (Å²) >= 11 is 0. The van der Waals surface area contributed by atoms with Crippen LogP contribution in [-0.4, -0.2) is 80.6 Å². The Hall–Kier alpha value is -3.16. The van der Waals surface area contributed by atoms with Crippen molar-refractivity contribution >= 4 is 35.4 Å². The van der Waals surface area contributed by atoms with Crippen molar-refractivity contribution in [3.8, 4) is 0 Å². The third-order valence-electron chi connectivity index (χ3n) is 11.1. The van der Waals surface area contributed by atoms with Crippen LogP contribution in [0.1, 0.15) is 71.6 Å². The van der Waals surface area contributed by atoms with Crippen molar-refractivity contribution in [2.45, 2.75) is 94.9 Å². The quantitative estimate of drug-likeness (QED) is 0.368. The number of rotatable bonds is 2. The van der Waals surface area contributed by atoms with Crippen LogP contribution < -0.4 is 0 Å². The van der Waals surface area contributed by atoms with E-state index in [1.165, 1.54) is 6.92 Å². The van der Waals surface area contributed by atoms with E-state index < -0.39 is 114 Å². The summed E-state index contributed by atoms with van der Waals surface area (Å²) in [6, 6.07) is 0. The zero-order valence-corrected chi connectivity index (χ0v) is 23.4. The zero-order chi connectivity index (χ0) is 30.5. The van der Waals surface area contributed by atoms with Gasteiger partial charge in [-0.2, -0.15) is 0 Å². The van der Waals surface area contributed by atoms with E-state index in [1.807, 2.05) is 0 Å². The van der Waals surface area contributed by atoms with Gasteiger partial charge in [-0.1, -0.05) is 12.5 Å². The maximum atomic E-state index is 13.9. The molecule has 4 aliphatic carbocycles. The fraction of sp³-hybridized carbons (Fsp3) is 0.724. The maximum Gasteiger partial charge on any atom is 0.401 e. The van der Waals surface area contributed by atoms with Crippen molar-refractivity contribution in [3.05, 3.63) is 11.6 Å². The largest absolute Gasteiger partial charge is 0.413 e. The van der Waals surface area contributed by atoms with E-state index in [1.54, 1.807) is 6.92 Å². The zero-order valence-electron chi connectivity index (χ0n) is 23.4. The van der Waals surface area contributed by atoms with E-state index in [2.05, 4.69) is 0 Å². The fourth-order valence-electron chi connectivity index (χ4n) is 9.24. The Balaban J connectivity index is 1.58. The second kappa shape index (κ2) is 9.17. The Morgan fingerprint density at radius 1 is 0.881 bits per heavy atom. The predicted molar refractivity (Wildman–Crippen MR) is 134 cm³/mol. The van der Waals surface area contributed by atoms with Gasteiger partial charge < -0.3 is 34.3 Å². The van der Waals surface area contributed by atoms with E-state index in [0.717, 1.165) is 6.08 Å². The molecule has 2 spiro atoms. The van der Waals surface area contributed by atoms with Crippen molar-refractivity contribution in [3.63, 3.8) is 0 Å². The number of carbonyl (C=O) groups excluding carboxylic acids is 6. The highest BCUT2D eigenvalue weighted by Crippen LogP contribution is 2.71. The highest BCUT2D eigenvalue weighted by molar-refractivity contribution is 6.03. The van der Waals surface area contributed by atoms with E-state index in [0.29, 0.717) is 18.4 Å². The molecule has 0 unspecified atom stereocenters. The lowest BCUT2D eigenvalue weighted by Crippen LogP contribution is -2.78. The van der Waals surface area contributed by atoms with Gasteiger partial charge in [-0.05, 0) is 56.9 Å². The minimum Gasteiger partial charge on any atom is -0.413 e. The molecule has 13 nitrogen and oxygen atoms in total. The third kappa shape index (κ3) is 3.41. The number of ether oxygens (including phenoxy) is 4. The van der Waals surface area contributed by atoms with E-state index in [4.69, 9.17) is 18.9 Å². The normalized spacial score (nSPS) is 42.1. The van der Waals surface area contributed by atoms with Crippen LogP contribution in [0.15, 0.2) is 11.6 Å². The van der Waals surface area contributed by atoms with Gasteiger partial charge in [0.1, 0.15) is 12.2 Å². The number of esters is 4. The van der Waals surface area contributed by atoms with Gasteiger partial charge >= 0.3 is 35.5 Å². The Morgan fingerprint density at radius 2 is 1.43 bits per heavy atom. The molecule has 0 radical (unpaired) electrons. The van der Waals surface area contributed by atoms with Crippen LogP contribution in [-0.2, 0) is 47.7 Å². The maximum absolute atomic E-state index is 13.9. The summed E-state index contributed by atoms with van der Waals surface area (Å²) in [5.74, 6) is -13.4. The number of hydrogen-bond donors (Lipinski definition) is 3. The average Bonchev–Trinajstić information content (AvgIpc) is 3.02. The molecule has 0 bridgehead atoms. The Kier molecular flexibility index (Phi) is 6.32. The number of Topliss-reactive ketones (excluding diaryl/α,β-unsaturated/α-hetero) is 1. The van der Waals surface area contributed by atoms with Crippen molar-refractivity contribution in [1.82, 2.24) is 0 Å². The van der Waals surface area contributed by atoms with Crippen LogP contribution in [0.4, 0.5) is 0 Å². The van der Waals surface area contributed by atoms with Crippen LogP contribution in [0.5, 0.6) is 0 Å². The molecule has 2 aliphatic heterocycles. The van der Waals surface area contributed by atoms with Gasteiger partial charge in [-0.15, -0.1) is 0 Å². The molecule has 3 N–H and O–H groups in total. The predicted octanol–water partition coefficient (Wildman–Crippen LogP) is 0.154. The monoisotopic (exact) mass is 590 g/mol. The van der Waals surface area contributed by atoms with Gasteiger partial charge in [0.2, 0.25) is 5.78 Å². The van der Waals surface area contributed by atoms with Gasteiger partial charge in [0.05, 0.1) is 37.2 Å². The highest BCUT2D eigenvalue weighted by atomic mass is 16.8. The topological polar surface area (TPSA) is 200 Å². The summed E-state index contributed by atoms with van der Waals surface area (Å²) in [6.45, 7) is 2.37. The number of aliphatic hydroxyl groups is 3. The van der Waals surface area contributed by atoms with Crippen molar-refractivity contribution in [2.24, 2.45) is 28.6 Å². The number of carbonyl (C=O) groups is 6. The molecule has 0 aromatic carbocycles. The molecule has 13 heteroatoms. The molecule has 2 heterocycles. The molecule has 6 rings (SSSR count). The Labute approximate surface area is 240 Å². The van der Waals surface area contributed by atoms with Crippen LogP contribution in [0.3, 0.4) is 0 Å². The summed E-state index contributed by atoms with van der Waals surface area (Å²) in [5, 5.41) is 33.1. The summed E-state index contributed by atoms with van der Waals surface area (Å²) in [6.07, 6.45) is -1.01. The minimum atomic E-state index is -3.00. The number of aliphatic hydroxyl groups excluding tert-OH is 2. The Bertz CT molecular complexity index is 1300. The van der Waals surface area contributed by atoms with Crippen molar-refractivity contribution in [2.75, 3.05) is 6.61 Å². The SMILES string of the molecule is C[C@@]12C(=CC(=O)C3(OC(=O)CCC(=O)O3)C13OC(=O)CCC(=O)O3)CC[C@@H]1[C@@H]2[C@@H](O)C[C@@]2(C)[C@H]1CC[C@]2(O)C(=O)CO. The lowest BCUT2D eigenvalue weighted by atomic mass is 9.43. The van der Waals surface area contributed by atoms with Gasteiger partial charge in [0.15, 0.2) is 5.78 Å². The second-order valence-corrected chi connectivity index (χ2v) is 12.9. The first-order valence-electron chi connectivity index (χ1n) is 14.4. The fourth-order valence-corrected chi connectivity index (χ4v) is 9.24. The molecule has 7 atom stereocenters. The van der Waals surface area contributed by atoms with Crippen molar-refractivity contribution in [1.29, 1.82) is 0 Å². The second-order valence-electron chi connectivity index (χ2n) is 12.9. The van der Waals surface area contributed by atoms with E-state index in [9.17, 15) is 44.1 Å². The lowest BCUT2D eigenvalue weighted by molar-refractivity contribution is -0.389. The number of fused-ring (bicyclic) bond motifs is 7. The molecule has 3 saturated carbocycles. The average molecular weight is 591 g/mol. The Morgan fingerprint density at radius 3 is 1.98 bits per heavy atom. The summed E-state index contributed by atoms with van der Waals surface area (Å²) in [5.41, 5.74) is -4.45. The summed E-state index contributed by atoms with van der Waals surface area (Å²) in [7, 11) is 0. The van der Waals surface area contributed by atoms with Crippen LogP contribution in [0, 0.1) is 28.6 Å². The first kappa shape index (κ1) is 28.9. The van der Waals surface area contributed by atoms with Gasteiger partial charge in [0.25, 0.3) is 0 Å². The van der Waals surface area contributed by atoms with Gasteiger partial charge in [-0.3, -0.25) is 28.8 Å². The van der Waals surface area contributed by atoms with Gasteiger partial charge in [0, 0.05) is 11.3 Å². The summed E-state index contributed by atoms with van der Waals surface area (Å²) < 4.78 is 22.9. The minimum absolute atomic E-state index is 0.0513. The van der Waals surface area contributed by atoms with E-state index in [-0.39, 0.29) is 25.2 Å². The van der Waals surface area contributed by atoms with Crippen LogP contribution >= 0.6 is 0 Å². The molecule has 0 amide bonds. The number of ketones is 2. The standard InChI is InChI=1S/C29H34O13/c1-25-12-17(31)24-15(16(25)9-10-27(25,38)19(33)13-30)4-3-14-11-18(32)28(39-20(34)5-6-21(35)40-28)29(26(14,24)2)41-22(36)7-8-23(37)42-29/h11,15-17,24,30-31,38H,3-10,12-13H2,1-2H3/t15-,16-,17-,24+,25-,26-,27-/m0/s1. The van der Waals surface area contributed by atoms with Crippen LogP contribution in [0.25, 0.3) is 0 Å². The highest BCUT2D eigenvalue weighted by Gasteiger charge is 2.84. The smallest absolute Gasteiger partial charge is 0.401 e. The third-order valence-corrected chi connectivity index (χ3v) is 11.1. The lowest BCUT2D eigenvalue weighted by Gasteiger charge is -2.64. The molecule has 228 valence electrons. The molecule has 2 saturated heterocycles. The van der Waals surface area contributed by atoms with E-state index >= 15 is 0 Å². The number of hydrogen-bond acceptors (Lipinski definition) is 13. The molecule has 42 heavy (non-hydrogen) atoms. The van der Waals surface area contributed by atoms with Crippen LogP contribution in [0.2, 0.25) is 0 Å².